The van der Waals surface area contributed by atoms with Crippen LogP contribution in [-0.2, 0) is 16.6 Å². The molecule has 1 heterocycles. The van der Waals surface area contributed by atoms with E-state index >= 15 is 0 Å². The Labute approximate surface area is 148 Å². The van der Waals surface area contributed by atoms with Crippen LogP contribution in [0.25, 0.3) is 0 Å². The first-order chi connectivity index (χ1) is 11.8. The van der Waals surface area contributed by atoms with Crippen molar-refractivity contribution in [2.24, 2.45) is 7.05 Å². The molecule has 2 atom stereocenters. The number of anilines is 1. The second-order valence-corrected chi connectivity index (χ2v) is 6.20. The SMILES string of the molecule is CCC(C)c1ccccc1NC(=O)C(C)OC(=O)c1cnn(C)c1C. The van der Waals surface area contributed by atoms with Crippen LogP contribution in [0, 0.1) is 6.92 Å². The van der Waals surface area contributed by atoms with Crippen LogP contribution in [0.4, 0.5) is 5.69 Å². The third kappa shape index (κ3) is 4.26. The molecule has 0 fully saturated rings. The summed E-state index contributed by atoms with van der Waals surface area (Å²) in [5.74, 6) is -0.582. The number of amides is 1. The van der Waals surface area contributed by atoms with E-state index < -0.39 is 12.1 Å². The number of hydrogen-bond acceptors (Lipinski definition) is 4. The van der Waals surface area contributed by atoms with Crippen LogP contribution in [-0.4, -0.2) is 27.8 Å². The van der Waals surface area contributed by atoms with Gasteiger partial charge in [-0.05, 0) is 37.8 Å². The molecule has 0 aliphatic heterocycles. The van der Waals surface area contributed by atoms with Crippen LogP contribution in [0.1, 0.15) is 54.7 Å². The van der Waals surface area contributed by atoms with E-state index in [-0.39, 0.29) is 5.91 Å². The van der Waals surface area contributed by atoms with Crippen molar-refractivity contribution in [3.05, 3.63) is 47.3 Å². The topological polar surface area (TPSA) is 73.2 Å². The van der Waals surface area contributed by atoms with E-state index in [0.29, 0.717) is 17.2 Å². The summed E-state index contributed by atoms with van der Waals surface area (Å²) in [6, 6.07) is 7.68. The molecule has 6 nitrogen and oxygen atoms in total. The van der Waals surface area contributed by atoms with Gasteiger partial charge in [0.2, 0.25) is 0 Å². The molecule has 2 unspecified atom stereocenters. The molecule has 25 heavy (non-hydrogen) atoms. The molecule has 1 N–H and O–H groups in total. The Balaban J connectivity index is 2.06. The van der Waals surface area contributed by atoms with E-state index in [1.165, 1.54) is 6.20 Å². The Bertz CT molecular complexity index is 767. The summed E-state index contributed by atoms with van der Waals surface area (Å²) < 4.78 is 6.87. The molecule has 1 aromatic carbocycles. The van der Waals surface area contributed by atoms with E-state index in [0.717, 1.165) is 17.7 Å². The number of nitrogens with zero attached hydrogens (tertiary/aromatic N) is 2. The molecule has 6 heteroatoms. The number of benzene rings is 1. The molecule has 0 saturated carbocycles. The molecule has 0 saturated heterocycles. The molecule has 134 valence electrons. The molecule has 2 rings (SSSR count). The summed E-state index contributed by atoms with van der Waals surface area (Å²) in [7, 11) is 1.74. The Morgan fingerprint density at radius 3 is 2.56 bits per heavy atom. The van der Waals surface area contributed by atoms with Crippen molar-refractivity contribution in [1.29, 1.82) is 0 Å². The number of para-hydroxylation sites is 1. The average molecular weight is 343 g/mol. The second-order valence-electron chi connectivity index (χ2n) is 6.20. The molecule has 0 bridgehead atoms. The van der Waals surface area contributed by atoms with Gasteiger partial charge in [0.1, 0.15) is 5.56 Å². The minimum Gasteiger partial charge on any atom is -0.449 e. The van der Waals surface area contributed by atoms with Crippen LogP contribution in [0.5, 0.6) is 0 Å². The quantitative estimate of drug-likeness (QED) is 0.816. The lowest BCUT2D eigenvalue weighted by atomic mass is 9.97. The van der Waals surface area contributed by atoms with Gasteiger partial charge in [0.15, 0.2) is 6.10 Å². The number of hydrogen-bond donors (Lipinski definition) is 1. The number of ether oxygens (including phenoxy) is 1. The van der Waals surface area contributed by atoms with Gasteiger partial charge < -0.3 is 10.1 Å². The highest BCUT2D eigenvalue weighted by Crippen LogP contribution is 2.26. The summed E-state index contributed by atoms with van der Waals surface area (Å²) in [6.07, 6.45) is 1.51. The lowest BCUT2D eigenvalue weighted by Gasteiger charge is -2.18. The fraction of sp³-hybridized carbons (Fsp3) is 0.421. The average Bonchev–Trinajstić information content (AvgIpc) is 2.93. The number of nitrogens with one attached hydrogen (secondary N) is 1. The van der Waals surface area contributed by atoms with Crippen molar-refractivity contribution < 1.29 is 14.3 Å². The Hall–Kier alpha value is -2.63. The maximum atomic E-state index is 12.4. The van der Waals surface area contributed by atoms with Crippen LogP contribution in [0.2, 0.25) is 0 Å². The second kappa shape index (κ2) is 7.96. The molecule has 1 aromatic heterocycles. The number of aromatic nitrogens is 2. The van der Waals surface area contributed by atoms with Gasteiger partial charge in [-0.25, -0.2) is 4.79 Å². The number of esters is 1. The first kappa shape index (κ1) is 18.7. The highest BCUT2D eigenvalue weighted by atomic mass is 16.5. The van der Waals surface area contributed by atoms with Crippen molar-refractivity contribution >= 4 is 17.6 Å². The van der Waals surface area contributed by atoms with Crippen molar-refractivity contribution in [3.8, 4) is 0 Å². The Morgan fingerprint density at radius 1 is 1.28 bits per heavy atom. The third-order valence-corrected chi connectivity index (χ3v) is 4.47. The summed E-state index contributed by atoms with van der Waals surface area (Å²) in [4.78, 5) is 24.6. The van der Waals surface area contributed by atoms with Gasteiger partial charge in [-0.15, -0.1) is 0 Å². The monoisotopic (exact) mass is 343 g/mol. The van der Waals surface area contributed by atoms with Crippen molar-refractivity contribution in [1.82, 2.24) is 9.78 Å². The standard InChI is InChI=1S/C19H25N3O3/c1-6-12(2)15-9-7-8-10-17(15)21-18(23)14(4)25-19(24)16-11-20-22(5)13(16)3/h7-12,14H,6H2,1-5H3,(H,21,23). The van der Waals surface area contributed by atoms with Crippen LogP contribution in [0.15, 0.2) is 30.5 Å². The highest BCUT2D eigenvalue weighted by Gasteiger charge is 2.22. The predicted molar refractivity (Wildman–Crippen MR) is 96.6 cm³/mol. The smallest absolute Gasteiger partial charge is 0.342 e. The summed E-state index contributed by atoms with van der Waals surface area (Å²) >= 11 is 0. The van der Waals surface area contributed by atoms with Gasteiger partial charge in [0.25, 0.3) is 5.91 Å². The molecule has 2 aromatic rings. The first-order valence-corrected chi connectivity index (χ1v) is 8.44. The van der Waals surface area contributed by atoms with Gasteiger partial charge in [-0.2, -0.15) is 5.10 Å². The lowest BCUT2D eigenvalue weighted by molar-refractivity contribution is -0.123. The summed E-state index contributed by atoms with van der Waals surface area (Å²) in [5, 5.41) is 6.88. The molecule has 0 spiro atoms. The minimum atomic E-state index is -0.905. The Kier molecular flexibility index (Phi) is 5.96. The Morgan fingerprint density at radius 2 is 1.96 bits per heavy atom. The number of aryl methyl sites for hydroxylation is 1. The van der Waals surface area contributed by atoms with Gasteiger partial charge in [-0.1, -0.05) is 32.0 Å². The van der Waals surface area contributed by atoms with Gasteiger partial charge in [0, 0.05) is 18.4 Å². The maximum absolute atomic E-state index is 12.4. The third-order valence-electron chi connectivity index (χ3n) is 4.47. The van der Waals surface area contributed by atoms with E-state index in [2.05, 4.69) is 24.3 Å². The molecule has 0 aliphatic rings. The van der Waals surface area contributed by atoms with E-state index in [1.54, 1.807) is 25.6 Å². The fourth-order valence-corrected chi connectivity index (χ4v) is 2.47. The normalized spacial score (nSPS) is 13.2. The lowest BCUT2D eigenvalue weighted by Crippen LogP contribution is -2.30. The minimum absolute atomic E-state index is 0.326. The highest BCUT2D eigenvalue weighted by molar-refractivity contribution is 5.98. The summed E-state index contributed by atoms with van der Waals surface area (Å²) in [6.45, 7) is 7.55. The number of carbonyl (C=O) groups is 2. The van der Waals surface area contributed by atoms with E-state index in [9.17, 15) is 9.59 Å². The predicted octanol–water partition coefficient (Wildman–Crippen LogP) is 3.43. The molecular weight excluding hydrogens is 318 g/mol. The largest absolute Gasteiger partial charge is 0.449 e. The summed E-state index contributed by atoms with van der Waals surface area (Å²) in [5.41, 5.74) is 2.88. The zero-order valence-electron chi connectivity index (χ0n) is 15.4. The first-order valence-electron chi connectivity index (χ1n) is 8.44. The molecular formula is C19H25N3O3. The van der Waals surface area contributed by atoms with Crippen molar-refractivity contribution in [2.45, 2.75) is 46.1 Å². The molecule has 1 amide bonds. The number of carbonyl (C=O) groups excluding carboxylic acids is 2. The van der Waals surface area contributed by atoms with Crippen molar-refractivity contribution in [3.63, 3.8) is 0 Å². The van der Waals surface area contributed by atoms with Crippen LogP contribution in [0.3, 0.4) is 0 Å². The molecule has 0 radical (unpaired) electrons. The zero-order valence-corrected chi connectivity index (χ0v) is 15.4. The van der Waals surface area contributed by atoms with E-state index in [1.807, 2.05) is 24.3 Å². The van der Waals surface area contributed by atoms with Crippen LogP contribution < -0.4 is 5.32 Å². The van der Waals surface area contributed by atoms with Crippen LogP contribution >= 0.6 is 0 Å². The zero-order chi connectivity index (χ0) is 18.6. The van der Waals surface area contributed by atoms with Gasteiger partial charge >= 0.3 is 5.97 Å². The van der Waals surface area contributed by atoms with Gasteiger partial charge in [0.05, 0.1) is 6.20 Å². The molecule has 0 aliphatic carbocycles. The van der Waals surface area contributed by atoms with E-state index in [4.69, 9.17) is 4.74 Å². The fourth-order valence-electron chi connectivity index (χ4n) is 2.47. The number of rotatable bonds is 6. The van der Waals surface area contributed by atoms with Crippen molar-refractivity contribution in [2.75, 3.05) is 5.32 Å². The van der Waals surface area contributed by atoms with Gasteiger partial charge in [-0.3, -0.25) is 9.48 Å². The maximum Gasteiger partial charge on any atom is 0.342 e.